The molecule has 2 amide bonds. The van der Waals surface area contributed by atoms with Crippen LogP contribution in [0.15, 0.2) is 36.8 Å². The molecule has 34 heavy (non-hydrogen) atoms. The summed E-state index contributed by atoms with van der Waals surface area (Å²) < 4.78 is 1.86. The number of nitrogens with zero attached hydrogens (tertiary/aromatic N) is 4. The Kier molecular flexibility index (Phi) is 5.88. The molecule has 0 unspecified atom stereocenters. The molecule has 174 valence electrons. The van der Waals surface area contributed by atoms with Gasteiger partial charge >= 0.3 is 0 Å². The highest BCUT2D eigenvalue weighted by Gasteiger charge is 2.27. The predicted octanol–water partition coefficient (Wildman–Crippen LogP) is 3.04. The Morgan fingerprint density at radius 1 is 1.00 bits per heavy atom. The summed E-state index contributed by atoms with van der Waals surface area (Å²) in [5, 5.41) is 19.6. The van der Waals surface area contributed by atoms with Gasteiger partial charge in [-0.25, -0.2) is 9.97 Å². The number of carbonyl (C=O) groups is 2. The van der Waals surface area contributed by atoms with E-state index >= 15 is 0 Å². The first-order chi connectivity index (χ1) is 16.5. The zero-order valence-corrected chi connectivity index (χ0v) is 19.0. The second-order valence-corrected chi connectivity index (χ2v) is 9.16. The highest BCUT2D eigenvalue weighted by atomic mass is 16.2. The van der Waals surface area contributed by atoms with Crippen molar-refractivity contribution in [3.05, 3.63) is 47.9 Å². The number of carbonyl (C=O) groups excluding carboxylic acids is 2. The molecule has 0 radical (unpaired) electrons. The lowest BCUT2D eigenvalue weighted by molar-refractivity contribution is -0.119. The summed E-state index contributed by atoms with van der Waals surface area (Å²) in [7, 11) is 0. The first-order valence-electron chi connectivity index (χ1n) is 11.7. The van der Waals surface area contributed by atoms with E-state index in [-0.39, 0.29) is 23.9 Å². The third kappa shape index (κ3) is 4.71. The van der Waals surface area contributed by atoms with Crippen LogP contribution < -0.4 is 16.0 Å². The monoisotopic (exact) mass is 457 g/mol. The molecule has 0 saturated heterocycles. The maximum absolute atomic E-state index is 13.2. The van der Waals surface area contributed by atoms with E-state index in [2.05, 4.69) is 32.0 Å². The van der Waals surface area contributed by atoms with Gasteiger partial charge in [-0.2, -0.15) is 5.26 Å². The third-order valence-electron chi connectivity index (χ3n) is 6.44. The van der Waals surface area contributed by atoms with Gasteiger partial charge in [-0.15, -0.1) is 0 Å². The van der Waals surface area contributed by atoms with Gasteiger partial charge in [-0.1, -0.05) is 0 Å². The van der Waals surface area contributed by atoms with Gasteiger partial charge in [-0.05, 0) is 50.7 Å². The lowest BCUT2D eigenvalue weighted by Crippen LogP contribution is -2.43. The number of hydrogen-bond acceptors (Lipinski definition) is 6. The van der Waals surface area contributed by atoms with Crippen LogP contribution in [0.3, 0.4) is 0 Å². The SMILES string of the molecule is CC(=O)NC1CCC(NC(=O)c2cnc(-n3ccc4cc(C#N)cnc43)cc2NC2CC2)CC1. The topological polar surface area (TPSA) is 125 Å². The number of nitrogens with one attached hydrogen (secondary N) is 3. The van der Waals surface area contributed by atoms with Crippen LogP contribution in [-0.4, -0.2) is 44.5 Å². The number of anilines is 1. The molecule has 5 rings (SSSR count). The minimum atomic E-state index is -0.140. The molecule has 2 saturated carbocycles. The van der Waals surface area contributed by atoms with Crippen molar-refractivity contribution in [2.45, 2.75) is 63.6 Å². The molecule has 9 heteroatoms. The fourth-order valence-corrected chi connectivity index (χ4v) is 4.53. The largest absolute Gasteiger partial charge is 0.382 e. The van der Waals surface area contributed by atoms with Crippen molar-refractivity contribution in [2.24, 2.45) is 0 Å². The summed E-state index contributed by atoms with van der Waals surface area (Å²) in [6.45, 7) is 1.54. The van der Waals surface area contributed by atoms with E-state index in [0.29, 0.717) is 28.6 Å². The molecule has 9 nitrogen and oxygen atoms in total. The van der Waals surface area contributed by atoms with E-state index in [0.717, 1.165) is 49.6 Å². The molecule has 0 aromatic carbocycles. The van der Waals surface area contributed by atoms with Crippen LogP contribution in [0.5, 0.6) is 0 Å². The van der Waals surface area contributed by atoms with Crippen LogP contribution in [-0.2, 0) is 4.79 Å². The van der Waals surface area contributed by atoms with E-state index in [1.807, 2.05) is 22.9 Å². The van der Waals surface area contributed by atoms with Crippen LogP contribution in [0.2, 0.25) is 0 Å². The second kappa shape index (κ2) is 9.14. The summed E-state index contributed by atoms with van der Waals surface area (Å²) >= 11 is 0. The molecule has 2 fully saturated rings. The lowest BCUT2D eigenvalue weighted by Gasteiger charge is -2.29. The molecule has 3 aromatic rings. The van der Waals surface area contributed by atoms with Gasteiger partial charge in [0.15, 0.2) is 0 Å². The Labute approximate surface area is 197 Å². The Balaban J connectivity index is 1.36. The van der Waals surface area contributed by atoms with Gasteiger partial charge in [0.2, 0.25) is 5.91 Å². The maximum atomic E-state index is 13.2. The molecule has 2 aliphatic rings. The molecule has 3 aromatic heterocycles. The number of amides is 2. The molecular formula is C25H27N7O2. The summed E-state index contributed by atoms with van der Waals surface area (Å²) in [5.74, 6) is 0.507. The van der Waals surface area contributed by atoms with Crippen LogP contribution >= 0.6 is 0 Å². The fourth-order valence-electron chi connectivity index (χ4n) is 4.53. The van der Waals surface area contributed by atoms with Gasteiger partial charge in [0.25, 0.3) is 5.91 Å². The van der Waals surface area contributed by atoms with Crippen molar-refractivity contribution in [1.29, 1.82) is 5.26 Å². The van der Waals surface area contributed by atoms with Crippen molar-refractivity contribution < 1.29 is 9.59 Å². The van der Waals surface area contributed by atoms with Crippen LogP contribution in [0.4, 0.5) is 5.69 Å². The Morgan fingerprint density at radius 2 is 1.71 bits per heavy atom. The number of pyridine rings is 2. The van der Waals surface area contributed by atoms with Crippen molar-refractivity contribution in [3.63, 3.8) is 0 Å². The number of nitriles is 1. The summed E-state index contributed by atoms with van der Waals surface area (Å²) in [6.07, 6.45) is 10.6. The minimum Gasteiger partial charge on any atom is -0.382 e. The van der Waals surface area contributed by atoms with Crippen molar-refractivity contribution >= 4 is 28.5 Å². The quantitative estimate of drug-likeness (QED) is 0.523. The molecule has 0 bridgehead atoms. The first kappa shape index (κ1) is 21.9. The summed E-state index contributed by atoms with van der Waals surface area (Å²) in [6, 6.07) is 8.33. The standard InChI is InChI=1S/C25H27N7O2/c1-15(33)29-18-2-6-20(7-3-18)31-25(34)21-14-27-23(11-22(21)30-19-4-5-19)32-9-8-17-10-16(12-26)13-28-24(17)32/h8-11,13-14,18-20H,2-7H2,1H3,(H,27,30)(H,29,33)(H,31,34). The van der Waals surface area contributed by atoms with Crippen LogP contribution in [0.1, 0.15) is 61.4 Å². The molecule has 0 aliphatic heterocycles. The molecular weight excluding hydrogens is 430 g/mol. The smallest absolute Gasteiger partial charge is 0.255 e. The maximum Gasteiger partial charge on any atom is 0.255 e. The summed E-state index contributed by atoms with van der Waals surface area (Å²) in [5.41, 5.74) is 2.49. The highest BCUT2D eigenvalue weighted by Crippen LogP contribution is 2.29. The normalized spacial score (nSPS) is 19.9. The van der Waals surface area contributed by atoms with Crippen molar-refractivity contribution in [1.82, 2.24) is 25.2 Å². The second-order valence-electron chi connectivity index (χ2n) is 9.16. The van der Waals surface area contributed by atoms with Crippen LogP contribution in [0, 0.1) is 11.3 Å². The zero-order valence-electron chi connectivity index (χ0n) is 19.0. The first-order valence-corrected chi connectivity index (χ1v) is 11.7. The van der Waals surface area contributed by atoms with Crippen molar-refractivity contribution in [3.8, 4) is 11.9 Å². The zero-order chi connectivity index (χ0) is 23.7. The van der Waals surface area contributed by atoms with Gasteiger partial charge < -0.3 is 16.0 Å². The predicted molar refractivity (Wildman–Crippen MR) is 128 cm³/mol. The number of hydrogen-bond donors (Lipinski definition) is 3. The van der Waals surface area contributed by atoms with Crippen LogP contribution in [0.25, 0.3) is 16.9 Å². The minimum absolute atomic E-state index is 0.00869. The molecule has 3 N–H and O–H groups in total. The highest BCUT2D eigenvalue weighted by molar-refractivity contribution is 6.00. The van der Waals surface area contributed by atoms with E-state index in [1.54, 1.807) is 18.5 Å². The third-order valence-corrected chi connectivity index (χ3v) is 6.44. The molecule has 2 aliphatic carbocycles. The van der Waals surface area contributed by atoms with Crippen molar-refractivity contribution in [2.75, 3.05) is 5.32 Å². The van der Waals surface area contributed by atoms with Gasteiger partial charge in [0.1, 0.15) is 17.5 Å². The van der Waals surface area contributed by atoms with Gasteiger partial charge in [0.05, 0.1) is 16.8 Å². The Morgan fingerprint density at radius 3 is 2.38 bits per heavy atom. The average Bonchev–Trinajstić information content (AvgIpc) is 3.55. The number of rotatable bonds is 6. The van der Waals surface area contributed by atoms with E-state index < -0.39 is 0 Å². The lowest BCUT2D eigenvalue weighted by atomic mass is 9.91. The molecule has 0 atom stereocenters. The van der Waals surface area contributed by atoms with Gasteiger partial charge in [0, 0.05) is 55.1 Å². The number of aromatic nitrogens is 3. The average molecular weight is 458 g/mol. The Bertz CT molecular complexity index is 1280. The molecule has 0 spiro atoms. The van der Waals surface area contributed by atoms with E-state index in [9.17, 15) is 9.59 Å². The van der Waals surface area contributed by atoms with E-state index in [1.165, 1.54) is 6.92 Å². The Hall–Kier alpha value is -3.93. The molecule has 3 heterocycles. The fraction of sp³-hybridized carbons (Fsp3) is 0.400. The van der Waals surface area contributed by atoms with E-state index in [4.69, 9.17) is 5.26 Å². The summed E-state index contributed by atoms with van der Waals surface area (Å²) in [4.78, 5) is 33.4. The van der Waals surface area contributed by atoms with Gasteiger partial charge in [-0.3, -0.25) is 14.2 Å². The number of fused-ring (bicyclic) bond motifs is 1.